The first-order chi connectivity index (χ1) is 14.0. The second-order valence-electron chi connectivity index (χ2n) is 6.81. The zero-order chi connectivity index (χ0) is 21.1. The van der Waals surface area contributed by atoms with E-state index in [1.807, 2.05) is 81.4 Å². The summed E-state index contributed by atoms with van der Waals surface area (Å²) in [5.74, 6) is 0.898. The lowest BCUT2D eigenvalue weighted by molar-refractivity contribution is -0.130. The molecular formula is C23H30N2O4. The number of amides is 2. The number of carbonyl (C=O) groups is 2. The van der Waals surface area contributed by atoms with Crippen LogP contribution in [0.15, 0.2) is 60.7 Å². The molecule has 156 valence electrons. The normalized spacial score (nSPS) is 13.6. The van der Waals surface area contributed by atoms with Gasteiger partial charge in [0.05, 0.1) is 0 Å². The molecule has 0 aliphatic heterocycles. The number of carbonyl (C=O) groups excluding carboxylic acids is 2. The number of nitrogens with one attached hydrogen (secondary N) is 2. The molecule has 2 amide bonds. The second kappa shape index (κ2) is 11.7. The highest BCUT2D eigenvalue weighted by atomic mass is 16.5. The van der Waals surface area contributed by atoms with Gasteiger partial charge < -0.3 is 20.1 Å². The molecule has 2 N–H and O–H groups in total. The Morgan fingerprint density at radius 1 is 0.793 bits per heavy atom. The van der Waals surface area contributed by atoms with Crippen molar-refractivity contribution in [2.45, 2.75) is 51.9 Å². The van der Waals surface area contributed by atoms with Crippen LogP contribution in [-0.4, -0.2) is 36.6 Å². The van der Waals surface area contributed by atoms with Gasteiger partial charge in [-0.05, 0) is 44.0 Å². The van der Waals surface area contributed by atoms with E-state index in [4.69, 9.17) is 9.47 Å². The molecule has 0 fully saturated rings. The SMILES string of the molecule is CCC(Oc1ccccc1)C(=O)NCC(C)NC(=O)C(CC)Oc1ccccc1. The average Bonchev–Trinajstić information content (AvgIpc) is 2.75. The van der Waals surface area contributed by atoms with Crippen molar-refractivity contribution >= 4 is 11.8 Å². The predicted molar refractivity (Wildman–Crippen MR) is 113 cm³/mol. The fourth-order valence-electron chi connectivity index (χ4n) is 2.73. The first-order valence-electron chi connectivity index (χ1n) is 10.0. The largest absolute Gasteiger partial charge is 0.481 e. The molecule has 0 radical (unpaired) electrons. The van der Waals surface area contributed by atoms with Crippen LogP contribution in [0, 0.1) is 0 Å². The molecule has 0 aliphatic rings. The summed E-state index contributed by atoms with van der Waals surface area (Å²) in [6.45, 7) is 5.94. The highest BCUT2D eigenvalue weighted by Crippen LogP contribution is 2.13. The van der Waals surface area contributed by atoms with Gasteiger partial charge in [0.15, 0.2) is 12.2 Å². The number of ether oxygens (including phenoxy) is 2. The molecule has 6 heteroatoms. The molecular weight excluding hydrogens is 368 g/mol. The van der Waals surface area contributed by atoms with E-state index in [1.54, 1.807) is 0 Å². The summed E-state index contributed by atoms with van der Waals surface area (Å²) >= 11 is 0. The van der Waals surface area contributed by atoms with Gasteiger partial charge in [-0.3, -0.25) is 9.59 Å². The molecule has 0 aromatic heterocycles. The maximum Gasteiger partial charge on any atom is 0.261 e. The fraction of sp³-hybridized carbons (Fsp3) is 0.391. The van der Waals surface area contributed by atoms with Crippen molar-refractivity contribution in [3.8, 4) is 11.5 Å². The van der Waals surface area contributed by atoms with Crippen LogP contribution in [0.25, 0.3) is 0 Å². The lowest BCUT2D eigenvalue weighted by atomic mass is 10.2. The lowest BCUT2D eigenvalue weighted by Gasteiger charge is -2.22. The molecule has 2 aromatic rings. The molecule has 3 unspecified atom stereocenters. The Balaban J connectivity index is 1.80. The van der Waals surface area contributed by atoms with Gasteiger partial charge in [-0.25, -0.2) is 0 Å². The highest BCUT2D eigenvalue weighted by Gasteiger charge is 2.22. The minimum atomic E-state index is -0.583. The quantitative estimate of drug-likeness (QED) is 0.609. The van der Waals surface area contributed by atoms with E-state index in [0.29, 0.717) is 30.9 Å². The standard InChI is InChI=1S/C23H30N2O4/c1-4-20(28-18-12-8-6-9-13-18)22(26)24-16-17(3)25-23(27)21(5-2)29-19-14-10-7-11-15-19/h6-15,17,20-21H,4-5,16H2,1-3H3,(H,24,26)(H,25,27). The van der Waals surface area contributed by atoms with Crippen molar-refractivity contribution in [2.24, 2.45) is 0 Å². The van der Waals surface area contributed by atoms with Gasteiger partial charge in [-0.2, -0.15) is 0 Å². The highest BCUT2D eigenvalue weighted by molar-refractivity contribution is 5.82. The molecule has 0 spiro atoms. The third-order valence-corrected chi connectivity index (χ3v) is 4.34. The summed E-state index contributed by atoms with van der Waals surface area (Å²) < 4.78 is 11.5. The van der Waals surface area contributed by atoms with Gasteiger partial charge in [0.2, 0.25) is 0 Å². The Morgan fingerprint density at radius 2 is 1.24 bits per heavy atom. The molecule has 6 nitrogen and oxygen atoms in total. The number of hydrogen-bond acceptors (Lipinski definition) is 4. The monoisotopic (exact) mass is 398 g/mol. The first-order valence-corrected chi connectivity index (χ1v) is 10.0. The summed E-state index contributed by atoms with van der Waals surface area (Å²) in [5.41, 5.74) is 0. The Hall–Kier alpha value is -3.02. The molecule has 0 saturated heterocycles. The Bertz CT molecular complexity index is 752. The van der Waals surface area contributed by atoms with Crippen LogP contribution < -0.4 is 20.1 Å². The topological polar surface area (TPSA) is 76.7 Å². The summed E-state index contributed by atoms with van der Waals surface area (Å²) in [6.07, 6.45) is -0.0714. The molecule has 2 rings (SSSR count). The van der Waals surface area contributed by atoms with Crippen LogP contribution in [0.5, 0.6) is 11.5 Å². The summed E-state index contributed by atoms with van der Waals surface area (Å²) in [4.78, 5) is 24.9. The van der Waals surface area contributed by atoms with Crippen LogP contribution in [0.1, 0.15) is 33.6 Å². The number of hydrogen-bond donors (Lipinski definition) is 2. The maximum absolute atomic E-state index is 12.5. The van der Waals surface area contributed by atoms with Gasteiger partial charge in [0, 0.05) is 12.6 Å². The molecule has 29 heavy (non-hydrogen) atoms. The van der Waals surface area contributed by atoms with Crippen LogP contribution in [-0.2, 0) is 9.59 Å². The smallest absolute Gasteiger partial charge is 0.261 e. The van der Waals surface area contributed by atoms with Gasteiger partial charge in [-0.15, -0.1) is 0 Å². The van der Waals surface area contributed by atoms with Crippen molar-refractivity contribution in [1.82, 2.24) is 10.6 Å². The van der Waals surface area contributed by atoms with E-state index in [2.05, 4.69) is 10.6 Å². The van der Waals surface area contributed by atoms with Crippen molar-refractivity contribution in [2.75, 3.05) is 6.54 Å². The Labute approximate surface area is 172 Å². The van der Waals surface area contributed by atoms with Crippen LogP contribution in [0.3, 0.4) is 0 Å². The van der Waals surface area contributed by atoms with E-state index < -0.39 is 12.2 Å². The number of benzene rings is 2. The van der Waals surface area contributed by atoms with E-state index in [9.17, 15) is 9.59 Å². The molecule has 0 heterocycles. The summed E-state index contributed by atoms with van der Waals surface area (Å²) in [5, 5.41) is 5.74. The number of para-hydroxylation sites is 2. The first kappa shape index (κ1) is 22.3. The van der Waals surface area contributed by atoms with Gasteiger partial charge in [0.25, 0.3) is 11.8 Å². The van der Waals surface area contributed by atoms with Crippen LogP contribution in [0.4, 0.5) is 0 Å². The number of rotatable bonds is 11. The van der Waals surface area contributed by atoms with Crippen molar-refractivity contribution in [1.29, 1.82) is 0 Å². The van der Waals surface area contributed by atoms with E-state index in [1.165, 1.54) is 0 Å². The predicted octanol–water partition coefficient (Wildman–Crippen LogP) is 3.32. The van der Waals surface area contributed by atoms with E-state index in [-0.39, 0.29) is 17.9 Å². The molecule has 0 saturated carbocycles. The molecule has 2 aromatic carbocycles. The van der Waals surface area contributed by atoms with Gasteiger partial charge in [0.1, 0.15) is 11.5 Å². The van der Waals surface area contributed by atoms with Crippen molar-refractivity contribution in [3.63, 3.8) is 0 Å². The zero-order valence-electron chi connectivity index (χ0n) is 17.3. The minimum absolute atomic E-state index is 0.203. The van der Waals surface area contributed by atoms with Crippen LogP contribution in [0.2, 0.25) is 0 Å². The molecule has 0 bridgehead atoms. The third kappa shape index (κ3) is 7.49. The van der Waals surface area contributed by atoms with Crippen molar-refractivity contribution < 1.29 is 19.1 Å². The lowest BCUT2D eigenvalue weighted by Crippen LogP contribution is -2.48. The Kier molecular flexibility index (Phi) is 9.02. The average molecular weight is 399 g/mol. The molecule has 0 aliphatic carbocycles. The van der Waals surface area contributed by atoms with E-state index >= 15 is 0 Å². The minimum Gasteiger partial charge on any atom is -0.481 e. The molecule has 3 atom stereocenters. The van der Waals surface area contributed by atoms with Gasteiger partial charge in [-0.1, -0.05) is 50.2 Å². The third-order valence-electron chi connectivity index (χ3n) is 4.34. The van der Waals surface area contributed by atoms with Crippen LogP contribution >= 0.6 is 0 Å². The van der Waals surface area contributed by atoms with Crippen molar-refractivity contribution in [3.05, 3.63) is 60.7 Å². The Morgan fingerprint density at radius 3 is 1.69 bits per heavy atom. The fourth-order valence-corrected chi connectivity index (χ4v) is 2.73. The maximum atomic E-state index is 12.5. The van der Waals surface area contributed by atoms with Gasteiger partial charge >= 0.3 is 0 Å². The zero-order valence-corrected chi connectivity index (χ0v) is 17.3. The second-order valence-corrected chi connectivity index (χ2v) is 6.81. The van der Waals surface area contributed by atoms with E-state index in [0.717, 1.165) is 0 Å². The summed E-state index contributed by atoms with van der Waals surface area (Å²) in [7, 11) is 0. The summed E-state index contributed by atoms with van der Waals surface area (Å²) in [6, 6.07) is 18.3.